The van der Waals surface area contributed by atoms with Crippen LogP contribution in [0.1, 0.15) is 29.8 Å². The third-order valence-corrected chi connectivity index (χ3v) is 2.94. The molecule has 0 fully saturated rings. The first kappa shape index (κ1) is 15.1. The molecule has 0 aliphatic rings. The fourth-order valence-electron chi connectivity index (χ4n) is 1.88. The van der Waals surface area contributed by atoms with Crippen molar-refractivity contribution in [3.8, 4) is 5.75 Å². The van der Waals surface area contributed by atoms with Crippen LogP contribution in [0.2, 0.25) is 0 Å². The number of carbonyl (C=O) groups excluding carboxylic acids is 1. The van der Waals surface area contributed by atoms with E-state index in [0.717, 1.165) is 17.0 Å². The van der Waals surface area contributed by atoms with E-state index in [1.165, 1.54) is 0 Å². The van der Waals surface area contributed by atoms with Crippen molar-refractivity contribution in [2.24, 2.45) is 5.73 Å². The molecule has 110 valence electrons. The van der Waals surface area contributed by atoms with Gasteiger partial charge in [0.05, 0.1) is 6.10 Å². The van der Waals surface area contributed by atoms with Crippen LogP contribution >= 0.6 is 0 Å². The number of amides is 1. The van der Waals surface area contributed by atoms with Crippen LogP contribution in [0.5, 0.6) is 5.75 Å². The molecule has 0 unspecified atom stereocenters. The number of anilines is 1. The average Bonchev–Trinajstić information content (AvgIpc) is 2.49. The summed E-state index contributed by atoms with van der Waals surface area (Å²) < 4.78 is 5.56. The predicted molar refractivity (Wildman–Crippen MR) is 84.5 cm³/mol. The summed E-state index contributed by atoms with van der Waals surface area (Å²) in [7, 11) is 0. The molecule has 0 saturated heterocycles. The SMILES string of the molecule is CC(C)Oc1ccc(NC(=O)c2ccc(CN)cc2)cc1. The van der Waals surface area contributed by atoms with Crippen LogP contribution in [0.15, 0.2) is 48.5 Å². The maximum Gasteiger partial charge on any atom is 0.255 e. The second-order valence-corrected chi connectivity index (χ2v) is 5.05. The first-order valence-corrected chi connectivity index (χ1v) is 6.95. The van der Waals surface area contributed by atoms with Crippen LogP contribution < -0.4 is 15.8 Å². The van der Waals surface area contributed by atoms with Crippen molar-refractivity contribution in [1.82, 2.24) is 0 Å². The highest BCUT2D eigenvalue weighted by molar-refractivity contribution is 6.04. The van der Waals surface area contributed by atoms with Crippen LogP contribution in [0.25, 0.3) is 0 Å². The van der Waals surface area contributed by atoms with Gasteiger partial charge in [0.15, 0.2) is 0 Å². The van der Waals surface area contributed by atoms with E-state index in [1.54, 1.807) is 12.1 Å². The summed E-state index contributed by atoms with van der Waals surface area (Å²) in [5, 5.41) is 2.85. The van der Waals surface area contributed by atoms with Gasteiger partial charge in [-0.25, -0.2) is 0 Å². The lowest BCUT2D eigenvalue weighted by Gasteiger charge is -2.10. The van der Waals surface area contributed by atoms with Crippen molar-refractivity contribution in [3.05, 3.63) is 59.7 Å². The molecule has 21 heavy (non-hydrogen) atoms. The van der Waals surface area contributed by atoms with Gasteiger partial charge in [-0.1, -0.05) is 12.1 Å². The quantitative estimate of drug-likeness (QED) is 0.886. The number of hydrogen-bond donors (Lipinski definition) is 2. The molecule has 0 saturated carbocycles. The summed E-state index contributed by atoms with van der Waals surface area (Å²) in [6, 6.07) is 14.6. The first-order valence-electron chi connectivity index (χ1n) is 6.95. The Balaban J connectivity index is 2.01. The zero-order valence-electron chi connectivity index (χ0n) is 12.3. The van der Waals surface area contributed by atoms with E-state index in [4.69, 9.17) is 10.5 Å². The fourth-order valence-corrected chi connectivity index (χ4v) is 1.88. The maximum absolute atomic E-state index is 12.1. The Labute approximate surface area is 124 Å². The van der Waals surface area contributed by atoms with Crippen LogP contribution in [0.3, 0.4) is 0 Å². The zero-order valence-corrected chi connectivity index (χ0v) is 12.3. The Morgan fingerprint density at radius 2 is 1.71 bits per heavy atom. The van der Waals surface area contributed by atoms with Crippen molar-refractivity contribution in [3.63, 3.8) is 0 Å². The molecular formula is C17H20N2O2. The van der Waals surface area contributed by atoms with Crippen molar-refractivity contribution in [2.45, 2.75) is 26.5 Å². The van der Waals surface area contributed by atoms with Crippen LogP contribution in [-0.4, -0.2) is 12.0 Å². The average molecular weight is 284 g/mol. The topological polar surface area (TPSA) is 64.3 Å². The molecule has 0 aliphatic heterocycles. The normalized spacial score (nSPS) is 10.5. The number of nitrogens with one attached hydrogen (secondary N) is 1. The van der Waals surface area contributed by atoms with E-state index in [1.807, 2.05) is 50.2 Å². The molecule has 0 radical (unpaired) electrons. The molecule has 0 spiro atoms. The molecular weight excluding hydrogens is 264 g/mol. The Hall–Kier alpha value is -2.33. The molecule has 4 nitrogen and oxygen atoms in total. The third-order valence-electron chi connectivity index (χ3n) is 2.94. The predicted octanol–water partition coefficient (Wildman–Crippen LogP) is 3.18. The smallest absolute Gasteiger partial charge is 0.255 e. The molecule has 4 heteroatoms. The number of benzene rings is 2. The Morgan fingerprint density at radius 3 is 2.24 bits per heavy atom. The van der Waals surface area contributed by atoms with Gasteiger partial charge in [0.1, 0.15) is 5.75 Å². The van der Waals surface area contributed by atoms with E-state index in [-0.39, 0.29) is 12.0 Å². The molecule has 0 atom stereocenters. The molecule has 0 aliphatic carbocycles. The number of nitrogens with two attached hydrogens (primary N) is 1. The lowest BCUT2D eigenvalue weighted by molar-refractivity contribution is 0.102. The van der Waals surface area contributed by atoms with Gasteiger partial charge >= 0.3 is 0 Å². The minimum atomic E-state index is -0.143. The third kappa shape index (κ3) is 4.33. The van der Waals surface area contributed by atoms with E-state index in [2.05, 4.69) is 5.32 Å². The highest BCUT2D eigenvalue weighted by atomic mass is 16.5. The zero-order chi connectivity index (χ0) is 15.2. The van der Waals surface area contributed by atoms with Gasteiger partial charge in [0, 0.05) is 17.8 Å². The van der Waals surface area contributed by atoms with Gasteiger partial charge in [-0.3, -0.25) is 4.79 Å². The van der Waals surface area contributed by atoms with Crippen LogP contribution in [0, 0.1) is 0 Å². The lowest BCUT2D eigenvalue weighted by Crippen LogP contribution is -2.12. The summed E-state index contributed by atoms with van der Waals surface area (Å²) in [4.78, 5) is 12.1. The molecule has 2 aromatic rings. The van der Waals surface area contributed by atoms with Crippen molar-refractivity contribution < 1.29 is 9.53 Å². The number of carbonyl (C=O) groups is 1. The molecule has 2 rings (SSSR count). The van der Waals surface area contributed by atoms with Crippen molar-refractivity contribution >= 4 is 11.6 Å². The number of rotatable bonds is 5. The van der Waals surface area contributed by atoms with Crippen LogP contribution in [0.4, 0.5) is 5.69 Å². The summed E-state index contributed by atoms with van der Waals surface area (Å²) in [5.74, 6) is 0.645. The van der Waals surface area contributed by atoms with E-state index < -0.39 is 0 Å². The van der Waals surface area contributed by atoms with Gasteiger partial charge in [0.25, 0.3) is 5.91 Å². The fraction of sp³-hybridized carbons (Fsp3) is 0.235. The number of ether oxygens (including phenoxy) is 1. The standard InChI is InChI=1S/C17H20N2O2/c1-12(2)21-16-9-7-15(8-10-16)19-17(20)14-5-3-13(11-18)4-6-14/h3-10,12H,11,18H2,1-2H3,(H,19,20). The maximum atomic E-state index is 12.1. The van der Waals surface area contributed by atoms with E-state index in [9.17, 15) is 4.79 Å². The van der Waals surface area contributed by atoms with E-state index >= 15 is 0 Å². The summed E-state index contributed by atoms with van der Waals surface area (Å²) in [6.45, 7) is 4.42. The summed E-state index contributed by atoms with van der Waals surface area (Å²) >= 11 is 0. The number of hydrogen-bond acceptors (Lipinski definition) is 3. The molecule has 0 aromatic heterocycles. The minimum absolute atomic E-state index is 0.131. The minimum Gasteiger partial charge on any atom is -0.491 e. The first-order chi connectivity index (χ1) is 10.1. The largest absolute Gasteiger partial charge is 0.491 e. The Morgan fingerprint density at radius 1 is 1.10 bits per heavy atom. The highest BCUT2D eigenvalue weighted by Gasteiger charge is 2.06. The van der Waals surface area contributed by atoms with Gasteiger partial charge in [-0.2, -0.15) is 0 Å². The van der Waals surface area contributed by atoms with Gasteiger partial charge < -0.3 is 15.8 Å². The van der Waals surface area contributed by atoms with Crippen molar-refractivity contribution in [1.29, 1.82) is 0 Å². The van der Waals surface area contributed by atoms with Crippen molar-refractivity contribution in [2.75, 3.05) is 5.32 Å². The highest BCUT2D eigenvalue weighted by Crippen LogP contribution is 2.17. The van der Waals surface area contributed by atoms with Crippen LogP contribution in [-0.2, 0) is 6.54 Å². The molecule has 1 amide bonds. The van der Waals surface area contributed by atoms with Gasteiger partial charge in [-0.15, -0.1) is 0 Å². The lowest BCUT2D eigenvalue weighted by atomic mass is 10.1. The molecule has 2 aromatic carbocycles. The molecule has 0 bridgehead atoms. The molecule has 3 N–H and O–H groups in total. The second-order valence-electron chi connectivity index (χ2n) is 5.05. The summed E-state index contributed by atoms with van der Waals surface area (Å²) in [6.07, 6.45) is 0.131. The Kier molecular flexibility index (Phi) is 4.95. The van der Waals surface area contributed by atoms with E-state index in [0.29, 0.717) is 12.1 Å². The van der Waals surface area contributed by atoms with Gasteiger partial charge in [0.2, 0.25) is 0 Å². The van der Waals surface area contributed by atoms with Gasteiger partial charge in [-0.05, 0) is 55.8 Å². The monoisotopic (exact) mass is 284 g/mol. The summed E-state index contributed by atoms with van der Waals surface area (Å²) in [5.41, 5.74) is 7.88. The second kappa shape index (κ2) is 6.90. The molecule has 0 heterocycles. The Bertz CT molecular complexity index is 589.